The van der Waals surface area contributed by atoms with Crippen LogP contribution in [-0.4, -0.2) is 31.2 Å². The summed E-state index contributed by atoms with van der Waals surface area (Å²) in [6.07, 6.45) is 0.310. The molecule has 1 rings (SSSR count). The Morgan fingerprint density at radius 3 is 2.44 bits per heavy atom. The number of hydrogen-bond acceptors (Lipinski definition) is 3. The van der Waals surface area contributed by atoms with Crippen LogP contribution in [-0.2, 0) is 11.3 Å². The molecule has 0 fully saturated rings. The van der Waals surface area contributed by atoms with E-state index in [1.807, 2.05) is 12.1 Å². The highest BCUT2D eigenvalue weighted by atomic mass is 16.5. The van der Waals surface area contributed by atoms with Crippen LogP contribution in [0.2, 0.25) is 0 Å². The van der Waals surface area contributed by atoms with Crippen LogP contribution in [0.4, 0.5) is 5.69 Å². The van der Waals surface area contributed by atoms with Gasteiger partial charge in [-0.3, -0.25) is 4.90 Å². The number of nitrogen functional groups attached to an aromatic ring is 1. The molecule has 0 bridgehead atoms. The van der Waals surface area contributed by atoms with E-state index in [0.717, 1.165) is 25.4 Å². The Morgan fingerprint density at radius 2 is 1.88 bits per heavy atom. The minimum atomic E-state index is 0.310. The van der Waals surface area contributed by atoms with E-state index in [1.165, 1.54) is 5.56 Å². The summed E-state index contributed by atoms with van der Waals surface area (Å²) in [6, 6.07) is 8.01. The number of rotatable bonds is 6. The molecule has 16 heavy (non-hydrogen) atoms. The summed E-state index contributed by atoms with van der Waals surface area (Å²) in [5.41, 5.74) is 7.73. The summed E-state index contributed by atoms with van der Waals surface area (Å²) in [5.74, 6) is 0. The summed E-state index contributed by atoms with van der Waals surface area (Å²) in [6.45, 7) is 6.77. The van der Waals surface area contributed by atoms with Crippen molar-refractivity contribution in [2.75, 3.05) is 25.9 Å². The standard InChI is InChI=1S/C13H22N2O/c1-11(2)16-9-8-15(3)10-12-4-6-13(14)7-5-12/h4-7,11H,8-10,14H2,1-3H3. The number of nitrogens with zero attached hydrogens (tertiary/aromatic N) is 1. The fourth-order valence-corrected chi connectivity index (χ4v) is 1.46. The van der Waals surface area contributed by atoms with E-state index < -0.39 is 0 Å². The maximum absolute atomic E-state index is 5.64. The van der Waals surface area contributed by atoms with Gasteiger partial charge in [-0.2, -0.15) is 0 Å². The molecule has 2 N–H and O–H groups in total. The summed E-state index contributed by atoms with van der Waals surface area (Å²) in [7, 11) is 2.10. The van der Waals surface area contributed by atoms with E-state index in [-0.39, 0.29) is 0 Å². The number of nitrogens with two attached hydrogens (primary N) is 1. The Morgan fingerprint density at radius 1 is 1.25 bits per heavy atom. The Kier molecular flexibility index (Phi) is 5.29. The van der Waals surface area contributed by atoms with E-state index >= 15 is 0 Å². The molecule has 1 aromatic carbocycles. The molecular formula is C13H22N2O. The van der Waals surface area contributed by atoms with E-state index in [0.29, 0.717) is 6.10 Å². The quantitative estimate of drug-likeness (QED) is 0.749. The van der Waals surface area contributed by atoms with Crippen molar-refractivity contribution in [3.05, 3.63) is 29.8 Å². The molecule has 3 heteroatoms. The van der Waals surface area contributed by atoms with Crippen LogP contribution < -0.4 is 5.73 Å². The minimum Gasteiger partial charge on any atom is -0.399 e. The van der Waals surface area contributed by atoms with Gasteiger partial charge in [0.15, 0.2) is 0 Å². The van der Waals surface area contributed by atoms with Gasteiger partial charge in [-0.1, -0.05) is 12.1 Å². The largest absolute Gasteiger partial charge is 0.399 e. The lowest BCUT2D eigenvalue weighted by Gasteiger charge is -2.17. The zero-order valence-electron chi connectivity index (χ0n) is 10.4. The van der Waals surface area contributed by atoms with Crippen molar-refractivity contribution in [3.8, 4) is 0 Å². The second-order valence-electron chi connectivity index (χ2n) is 4.40. The van der Waals surface area contributed by atoms with Crippen molar-refractivity contribution in [1.82, 2.24) is 4.90 Å². The summed E-state index contributed by atoms with van der Waals surface area (Å²) in [4.78, 5) is 2.24. The zero-order chi connectivity index (χ0) is 12.0. The first kappa shape index (κ1) is 13.0. The second kappa shape index (κ2) is 6.51. The summed E-state index contributed by atoms with van der Waals surface area (Å²) in [5, 5.41) is 0. The van der Waals surface area contributed by atoms with Crippen LogP contribution in [0, 0.1) is 0 Å². The first-order chi connectivity index (χ1) is 7.58. The Bertz CT molecular complexity index is 295. The minimum absolute atomic E-state index is 0.310. The van der Waals surface area contributed by atoms with Crippen molar-refractivity contribution >= 4 is 5.69 Å². The predicted molar refractivity (Wildman–Crippen MR) is 68.3 cm³/mol. The Hall–Kier alpha value is -1.06. The average Bonchev–Trinajstić information content (AvgIpc) is 2.21. The molecule has 0 atom stereocenters. The van der Waals surface area contributed by atoms with Crippen molar-refractivity contribution in [2.24, 2.45) is 0 Å². The molecule has 0 spiro atoms. The van der Waals surface area contributed by atoms with Crippen molar-refractivity contribution in [1.29, 1.82) is 0 Å². The molecule has 1 aromatic rings. The molecule has 0 saturated carbocycles. The number of benzene rings is 1. The van der Waals surface area contributed by atoms with Crippen LogP contribution in [0.15, 0.2) is 24.3 Å². The molecule has 0 aromatic heterocycles. The highest BCUT2D eigenvalue weighted by Gasteiger charge is 2.01. The molecule has 0 aliphatic heterocycles. The molecule has 0 radical (unpaired) electrons. The third-order valence-corrected chi connectivity index (χ3v) is 2.36. The third-order valence-electron chi connectivity index (χ3n) is 2.36. The highest BCUT2D eigenvalue weighted by Crippen LogP contribution is 2.07. The van der Waals surface area contributed by atoms with Gasteiger partial charge in [-0.15, -0.1) is 0 Å². The smallest absolute Gasteiger partial charge is 0.0596 e. The Balaban J connectivity index is 2.28. The number of likely N-dealkylation sites (N-methyl/N-ethyl adjacent to an activating group) is 1. The molecular weight excluding hydrogens is 200 g/mol. The van der Waals surface area contributed by atoms with Gasteiger partial charge in [0.05, 0.1) is 12.7 Å². The monoisotopic (exact) mass is 222 g/mol. The highest BCUT2D eigenvalue weighted by molar-refractivity contribution is 5.39. The fraction of sp³-hybridized carbons (Fsp3) is 0.538. The van der Waals surface area contributed by atoms with E-state index in [1.54, 1.807) is 0 Å². The Labute approximate surface area is 98.2 Å². The number of anilines is 1. The average molecular weight is 222 g/mol. The summed E-state index contributed by atoms with van der Waals surface area (Å²) >= 11 is 0. The first-order valence-corrected chi connectivity index (χ1v) is 5.72. The van der Waals surface area contributed by atoms with Crippen molar-refractivity contribution < 1.29 is 4.74 Å². The van der Waals surface area contributed by atoms with Crippen molar-refractivity contribution in [3.63, 3.8) is 0 Å². The maximum Gasteiger partial charge on any atom is 0.0596 e. The molecule has 0 unspecified atom stereocenters. The zero-order valence-corrected chi connectivity index (χ0v) is 10.4. The third kappa shape index (κ3) is 5.14. The van der Waals surface area contributed by atoms with Crippen LogP contribution in [0.5, 0.6) is 0 Å². The topological polar surface area (TPSA) is 38.5 Å². The van der Waals surface area contributed by atoms with Gasteiger partial charge in [0.2, 0.25) is 0 Å². The summed E-state index contributed by atoms with van der Waals surface area (Å²) < 4.78 is 5.51. The molecule has 0 amide bonds. The lowest BCUT2D eigenvalue weighted by Crippen LogP contribution is -2.23. The predicted octanol–water partition coefficient (Wildman–Crippen LogP) is 2.13. The van der Waals surface area contributed by atoms with E-state index in [2.05, 4.69) is 37.9 Å². The number of ether oxygens (including phenoxy) is 1. The van der Waals surface area contributed by atoms with Gasteiger partial charge in [0.1, 0.15) is 0 Å². The van der Waals surface area contributed by atoms with Gasteiger partial charge in [0.25, 0.3) is 0 Å². The lowest BCUT2D eigenvalue weighted by atomic mass is 10.2. The normalized spacial score (nSPS) is 11.3. The maximum atomic E-state index is 5.64. The number of hydrogen-bond donors (Lipinski definition) is 1. The molecule has 0 aliphatic carbocycles. The van der Waals surface area contributed by atoms with Gasteiger partial charge in [-0.05, 0) is 38.6 Å². The molecule has 0 saturated heterocycles. The van der Waals surface area contributed by atoms with Gasteiger partial charge in [-0.25, -0.2) is 0 Å². The van der Waals surface area contributed by atoms with Gasteiger partial charge >= 0.3 is 0 Å². The van der Waals surface area contributed by atoms with E-state index in [4.69, 9.17) is 10.5 Å². The van der Waals surface area contributed by atoms with Crippen LogP contribution in [0.1, 0.15) is 19.4 Å². The van der Waals surface area contributed by atoms with Crippen LogP contribution >= 0.6 is 0 Å². The molecule has 90 valence electrons. The van der Waals surface area contributed by atoms with Crippen LogP contribution in [0.25, 0.3) is 0 Å². The van der Waals surface area contributed by atoms with Gasteiger partial charge in [0, 0.05) is 18.8 Å². The molecule has 0 heterocycles. The molecule has 3 nitrogen and oxygen atoms in total. The second-order valence-corrected chi connectivity index (χ2v) is 4.40. The lowest BCUT2D eigenvalue weighted by molar-refractivity contribution is 0.0627. The van der Waals surface area contributed by atoms with Crippen LogP contribution in [0.3, 0.4) is 0 Å². The SMILES string of the molecule is CC(C)OCCN(C)Cc1ccc(N)cc1. The fourth-order valence-electron chi connectivity index (χ4n) is 1.46. The first-order valence-electron chi connectivity index (χ1n) is 5.72. The van der Waals surface area contributed by atoms with Crippen molar-refractivity contribution in [2.45, 2.75) is 26.5 Å². The van der Waals surface area contributed by atoms with Gasteiger partial charge < -0.3 is 10.5 Å². The van der Waals surface area contributed by atoms with E-state index in [9.17, 15) is 0 Å². The molecule has 0 aliphatic rings.